The van der Waals surface area contributed by atoms with Crippen LogP contribution in [0.1, 0.15) is 19.8 Å². The van der Waals surface area contributed by atoms with Gasteiger partial charge in [-0.15, -0.1) is 0 Å². The molecular weight excluding hydrogens is 268 g/mol. The minimum Gasteiger partial charge on any atom is -0.356 e. The van der Waals surface area contributed by atoms with E-state index in [1.807, 2.05) is 6.92 Å². The molecule has 1 aliphatic heterocycles. The van der Waals surface area contributed by atoms with Crippen molar-refractivity contribution in [3.8, 4) is 0 Å². The number of rotatable bonds is 4. The highest BCUT2D eigenvalue weighted by Gasteiger charge is 2.29. The zero-order chi connectivity index (χ0) is 14.0. The summed E-state index contributed by atoms with van der Waals surface area (Å²) in [6.07, 6.45) is 2.63. The highest BCUT2D eigenvalue weighted by Crippen LogP contribution is 2.25. The van der Waals surface area contributed by atoms with Crippen LogP contribution in [-0.4, -0.2) is 34.7 Å². The maximum atomic E-state index is 12.3. The molecule has 1 N–H and O–H groups in total. The smallest absolute Gasteiger partial charge is 0.227 e. The van der Waals surface area contributed by atoms with Crippen molar-refractivity contribution in [2.75, 3.05) is 18.0 Å². The van der Waals surface area contributed by atoms with Gasteiger partial charge in [-0.05, 0) is 13.3 Å². The van der Waals surface area contributed by atoms with Gasteiger partial charge in [0.1, 0.15) is 5.69 Å². The van der Waals surface area contributed by atoms with Gasteiger partial charge in [0.15, 0.2) is 5.15 Å². The molecule has 1 aliphatic rings. The largest absolute Gasteiger partial charge is 0.356 e. The summed E-state index contributed by atoms with van der Waals surface area (Å²) in [5, 5.41) is 7.05. The Bertz CT molecular complexity index is 500. The predicted molar refractivity (Wildman–Crippen MR) is 72.0 cm³/mol. The molecule has 1 atom stereocenters. The molecule has 2 heterocycles. The van der Waals surface area contributed by atoms with E-state index in [9.17, 15) is 9.59 Å². The van der Waals surface area contributed by atoms with E-state index in [-0.39, 0.29) is 24.2 Å². The molecule has 6 nitrogen and oxygen atoms in total. The number of amides is 2. The molecule has 0 saturated carbocycles. The molecule has 1 saturated heterocycles. The molecule has 0 spiro atoms. The van der Waals surface area contributed by atoms with E-state index in [2.05, 4.69) is 10.4 Å². The van der Waals surface area contributed by atoms with E-state index in [1.54, 1.807) is 22.8 Å². The van der Waals surface area contributed by atoms with E-state index < -0.39 is 0 Å². The van der Waals surface area contributed by atoms with E-state index in [0.29, 0.717) is 30.4 Å². The first-order valence-corrected chi connectivity index (χ1v) is 6.68. The Labute approximate surface area is 116 Å². The van der Waals surface area contributed by atoms with Gasteiger partial charge in [-0.25, -0.2) is 0 Å². The highest BCUT2D eigenvalue weighted by molar-refractivity contribution is 6.32. The standard InChI is InChI=1S/C12H17ClN4O2/c1-3-17(9-7-16(2)15-11(9)13)10(18)6-8-4-5-14-12(8)19/h7-8H,3-6H2,1-2H3,(H,14,19). The number of nitrogens with zero attached hydrogens (tertiary/aromatic N) is 3. The molecule has 0 aliphatic carbocycles. The van der Waals surface area contributed by atoms with Crippen molar-refractivity contribution >= 4 is 29.1 Å². The van der Waals surface area contributed by atoms with E-state index in [4.69, 9.17) is 11.6 Å². The first kappa shape index (κ1) is 13.9. The second-order valence-electron chi connectivity index (χ2n) is 4.60. The Balaban J connectivity index is 2.11. The molecule has 7 heteroatoms. The number of hydrogen-bond donors (Lipinski definition) is 1. The Morgan fingerprint density at radius 2 is 2.42 bits per heavy atom. The molecule has 0 bridgehead atoms. The predicted octanol–water partition coefficient (Wildman–Crippen LogP) is 0.953. The van der Waals surface area contributed by atoms with Crippen molar-refractivity contribution in [2.24, 2.45) is 13.0 Å². The third-order valence-corrected chi connectivity index (χ3v) is 3.53. The van der Waals surface area contributed by atoms with E-state index in [1.165, 1.54) is 0 Å². The Morgan fingerprint density at radius 1 is 1.68 bits per heavy atom. The van der Waals surface area contributed by atoms with Crippen LogP contribution in [0.3, 0.4) is 0 Å². The quantitative estimate of drug-likeness (QED) is 0.895. The molecule has 2 rings (SSSR count). The summed E-state index contributed by atoms with van der Waals surface area (Å²) in [6, 6.07) is 0. The monoisotopic (exact) mass is 284 g/mol. The van der Waals surface area contributed by atoms with E-state index >= 15 is 0 Å². The van der Waals surface area contributed by atoms with Crippen LogP contribution in [0.2, 0.25) is 5.15 Å². The number of aromatic nitrogens is 2. The van der Waals surface area contributed by atoms with Gasteiger partial charge in [0, 0.05) is 38.7 Å². The van der Waals surface area contributed by atoms with Crippen molar-refractivity contribution < 1.29 is 9.59 Å². The zero-order valence-electron chi connectivity index (χ0n) is 11.0. The third-order valence-electron chi connectivity index (χ3n) is 3.26. The third kappa shape index (κ3) is 2.89. The second-order valence-corrected chi connectivity index (χ2v) is 4.96. The fourth-order valence-electron chi connectivity index (χ4n) is 2.27. The van der Waals surface area contributed by atoms with Crippen molar-refractivity contribution in [1.29, 1.82) is 0 Å². The number of nitrogens with one attached hydrogen (secondary N) is 1. The van der Waals surface area contributed by atoms with Gasteiger partial charge in [0.25, 0.3) is 0 Å². The Kier molecular flexibility index (Phi) is 4.09. The van der Waals surface area contributed by atoms with Gasteiger partial charge in [0.05, 0.1) is 0 Å². The summed E-state index contributed by atoms with van der Waals surface area (Å²) in [5.74, 6) is -0.363. The second kappa shape index (κ2) is 5.61. The van der Waals surface area contributed by atoms with Gasteiger partial charge >= 0.3 is 0 Å². The lowest BCUT2D eigenvalue weighted by atomic mass is 10.0. The van der Waals surface area contributed by atoms with Crippen molar-refractivity contribution in [2.45, 2.75) is 19.8 Å². The summed E-state index contributed by atoms with van der Waals surface area (Å²) in [6.45, 7) is 3.02. The Morgan fingerprint density at radius 3 is 2.89 bits per heavy atom. The average Bonchev–Trinajstić information content (AvgIpc) is 2.88. The van der Waals surface area contributed by atoms with Gasteiger partial charge < -0.3 is 10.2 Å². The van der Waals surface area contributed by atoms with E-state index in [0.717, 1.165) is 0 Å². The number of anilines is 1. The number of carbonyl (C=O) groups is 2. The van der Waals surface area contributed by atoms with Gasteiger partial charge in [-0.3, -0.25) is 14.3 Å². The number of carbonyl (C=O) groups excluding carboxylic acids is 2. The minimum absolute atomic E-state index is 0.0401. The number of hydrogen-bond acceptors (Lipinski definition) is 3. The molecule has 1 aromatic heterocycles. The van der Waals surface area contributed by atoms with Gasteiger partial charge in [0.2, 0.25) is 11.8 Å². The fourth-order valence-corrected chi connectivity index (χ4v) is 2.54. The van der Waals surface area contributed by atoms with Crippen LogP contribution in [0, 0.1) is 5.92 Å². The van der Waals surface area contributed by atoms with Crippen LogP contribution in [0.25, 0.3) is 0 Å². The maximum absolute atomic E-state index is 12.3. The summed E-state index contributed by atoms with van der Waals surface area (Å²) in [7, 11) is 1.75. The zero-order valence-corrected chi connectivity index (χ0v) is 11.8. The number of aryl methyl sites for hydroxylation is 1. The molecule has 1 fully saturated rings. The number of halogens is 1. The summed E-state index contributed by atoms with van der Waals surface area (Å²) < 4.78 is 1.57. The first-order chi connectivity index (χ1) is 9.02. The fraction of sp³-hybridized carbons (Fsp3) is 0.583. The van der Waals surface area contributed by atoms with Crippen LogP contribution < -0.4 is 10.2 Å². The van der Waals surface area contributed by atoms with Crippen molar-refractivity contribution in [1.82, 2.24) is 15.1 Å². The lowest BCUT2D eigenvalue weighted by Gasteiger charge is -2.20. The summed E-state index contributed by atoms with van der Waals surface area (Å²) >= 11 is 6.00. The van der Waals surface area contributed by atoms with Gasteiger partial charge in [-0.2, -0.15) is 5.10 Å². The van der Waals surface area contributed by atoms with Crippen molar-refractivity contribution in [3.63, 3.8) is 0 Å². The van der Waals surface area contributed by atoms with Crippen molar-refractivity contribution in [3.05, 3.63) is 11.3 Å². The molecule has 0 aromatic carbocycles. The van der Waals surface area contributed by atoms with Gasteiger partial charge in [-0.1, -0.05) is 11.6 Å². The maximum Gasteiger partial charge on any atom is 0.227 e. The molecule has 1 unspecified atom stereocenters. The minimum atomic E-state index is -0.225. The molecule has 19 heavy (non-hydrogen) atoms. The molecule has 2 amide bonds. The van der Waals surface area contributed by atoms with Crippen LogP contribution in [0.4, 0.5) is 5.69 Å². The molecule has 1 aromatic rings. The van der Waals surface area contributed by atoms with Crippen LogP contribution >= 0.6 is 11.6 Å². The van der Waals surface area contributed by atoms with Crippen LogP contribution in [0.5, 0.6) is 0 Å². The molecule has 0 radical (unpaired) electrons. The topological polar surface area (TPSA) is 67.2 Å². The molecular formula is C12H17ClN4O2. The normalized spacial score (nSPS) is 18.5. The average molecular weight is 285 g/mol. The lowest BCUT2D eigenvalue weighted by Crippen LogP contribution is -2.33. The Hall–Kier alpha value is -1.56. The van der Waals surface area contributed by atoms with Crippen LogP contribution in [-0.2, 0) is 16.6 Å². The lowest BCUT2D eigenvalue weighted by molar-refractivity contribution is -0.127. The summed E-state index contributed by atoms with van der Waals surface area (Å²) in [4.78, 5) is 25.4. The highest BCUT2D eigenvalue weighted by atomic mass is 35.5. The molecule has 104 valence electrons. The first-order valence-electron chi connectivity index (χ1n) is 6.30. The SMILES string of the molecule is CCN(C(=O)CC1CCNC1=O)c1cn(C)nc1Cl. The summed E-state index contributed by atoms with van der Waals surface area (Å²) in [5.41, 5.74) is 0.593. The van der Waals surface area contributed by atoms with Crippen LogP contribution in [0.15, 0.2) is 6.20 Å².